The Bertz CT molecular complexity index is 435. The average Bonchev–Trinajstić information content (AvgIpc) is 2.56. The lowest BCUT2D eigenvalue weighted by molar-refractivity contribution is -0.138. The highest BCUT2D eigenvalue weighted by atomic mass is 16.4. The maximum Gasteiger partial charge on any atom is 0.322 e. The Balaban J connectivity index is 2.79. The molecule has 1 rings (SSSR count). The van der Waals surface area contributed by atoms with Crippen molar-refractivity contribution >= 4 is 11.9 Å². The molecule has 8 heteroatoms. The van der Waals surface area contributed by atoms with Gasteiger partial charge in [0.25, 0.3) is 0 Å². The van der Waals surface area contributed by atoms with Crippen LogP contribution in [0.15, 0.2) is 0 Å². The summed E-state index contributed by atoms with van der Waals surface area (Å²) in [6, 6.07) is 0.676. The molecule has 0 aromatic carbocycles. The maximum absolute atomic E-state index is 12.3. The van der Waals surface area contributed by atoms with Gasteiger partial charge >= 0.3 is 5.97 Å². The standard InChI is InChI=1S/C17H35N5O3/c1-11-7-19-13(3)10-22(14(4)8-20-12(2)6-18-11)15(5)17(25)21-9-16(23)24/h11-15,18-20H,6-10H2,1-5H3,(H,21,25)(H,23,24). The number of hydrogen-bond acceptors (Lipinski definition) is 6. The number of nitrogens with one attached hydrogen (secondary N) is 4. The minimum Gasteiger partial charge on any atom is -0.480 e. The van der Waals surface area contributed by atoms with Crippen molar-refractivity contribution in [1.29, 1.82) is 0 Å². The van der Waals surface area contributed by atoms with Crippen molar-refractivity contribution in [2.75, 3.05) is 32.7 Å². The summed E-state index contributed by atoms with van der Waals surface area (Å²) in [7, 11) is 0. The topological polar surface area (TPSA) is 106 Å². The molecular weight excluding hydrogens is 322 g/mol. The zero-order valence-corrected chi connectivity index (χ0v) is 16.1. The van der Waals surface area contributed by atoms with Crippen LogP contribution in [0.3, 0.4) is 0 Å². The summed E-state index contributed by atoms with van der Waals surface area (Å²) in [5.41, 5.74) is 0. The van der Waals surface area contributed by atoms with Gasteiger partial charge in [0.2, 0.25) is 5.91 Å². The van der Waals surface area contributed by atoms with Gasteiger partial charge in [-0.25, -0.2) is 0 Å². The third-order valence-electron chi connectivity index (χ3n) is 4.65. The SMILES string of the molecule is CC1CNC(C)CN(C(C)C(=O)NCC(=O)O)C(C)CNC(C)CN1. The number of carboxylic acid groups (broad SMARTS) is 1. The molecule has 0 spiro atoms. The second kappa shape index (κ2) is 10.7. The minimum absolute atomic E-state index is 0.147. The van der Waals surface area contributed by atoms with Crippen LogP contribution in [0.2, 0.25) is 0 Å². The van der Waals surface area contributed by atoms with Gasteiger partial charge in [-0.05, 0) is 34.6 Å². The second-order valence-corrected chi connectivity index (χ2v) is 7.26. The molecule has 1 aliphatic heterocycles. The fourth-order valence-electron chi connectivity index (χ4n) is 2.95. The Labute approximate surface area is 151 Å². The molecule has 0 aromatic heterocycles. The first kappa shape index (κ1) is 21.8. The molecule has 5 unspecified atom stereocenters. The summed E-state index contributed by atoms with van der Waals surface area (Å²) in [4.78, 5) is 25.1. The van der Waals surface area contributed by atoms with Crippen molar-refractivity contribution in [3.63, 3.8) is 0 Å². The highest BCUT2D eigenvalue weighted by Crippen LogP contribution is 2.08. The van der Waals surface area contributed by atoms with E-state index in [9.17, 15) is 9.59 Å². The fourth-order valence-corrected chi connectivity index (χ4v) is 2.95. The van der Waals surface area contributed by atoms with Gasteiger partial charge in [0.15, 0.2) is 0 Å². The fraction of sp³-hybridized carbons (Fsp3) is 0.882. The smallest absolute Gasteiger partial charge is 0.322 e. The molecule has 5 N–H and O–H groups in total. The van der Waals surface area contributed by atoms with E-state index in [2.05, 4.69) is 53.9 Å². The van der Waals surface area contributed by atoms with Gasteiger partial charge in [0.1, 0.15) is 6.54 Å². The summed E-state index contributed by atoms with van der Waals surface area (Å²) in [5, 5.41) is 21.8. The summed E-state index contributed by atoms with van der Waals surface area (Å²) in [5.74, 6) is -1.29. The van der Waals surface area contributed by atoms with Gasteiger partial charge in [-0.1, -0.05) is 0 Å². The number of carbonyl (C=O) groups is 2. The number of hydrogen-bond donors (Lipinski definition) is 5. The van der Waals surface area contributed by atoms with Gasteiger partial charge < -0.3 is 26.4 Å². The first-order chi connectivity index (χ1) is 11.7. The molecule has 0 radical (unpaired) electrons. The van der Waals surface area contributed by atoms with Crippen molar-refractivity contribution in [3.8, 4) is 0 Å². The largest absolute Gasteiger partial charge is 0.480 e. The number of aliphatic carboxylic acids is 1. The summed E-state index contributed by atoms with van der Waals surface area (Å²) >= 11 is 0. The van der Waals surface area contributed by atoms with Crippen LogP contribution in [0, 0.1) is 0 Å². The normalized spacial score (nSPS) is 31.4. The van der Waals surface area contributed by atoms with E-state index in [4.69, 9.17) is 5.11 Å². The first-order valence-corrected chi connectivity index (χ1v) is 9.16. The zero-order valence-electron chi connectivity index (χ0n) is 16.1. The molecule has 1 heterocycles. The molecule has 0 aliphatic carbocycles. The third-order valence-corrected chi connectivity index (χ3v) is 4.65. The van der Waals surface area contributed by atoms with Crippen LogP contribution in [0.25, 0.3) is 0 Å². The monoisotopic (exact) mass is 357 g/mol. The van der Waals surface area contributed by atoms with E-state index in [1.54, 1.807) is 0 Å². The van der Waals surface area contributed by atoms with Crippen LogP contribution in [0.5, 0.6) is 0 Å². The van der Waals surface area contributed by atoms with E-state index in [0.29, 0.717) is 18.6 Å². The summed E-state index contributed by atoms with van der Waals surface area (Å²) in [6.45, 7) is 13.2. The van der Waals surface area contributed by atoms with Gasteiger partial charge in [-0.15, -0.1) is 0 Å². The van der Waals surface area contributed by atoms with Crippen LogP contribution in [0.4, 0.5) is 0 Å². The van der Waals surface area contributed by atoms with Crippen LogP contribution in [-0.4, -0.2) is 84.8 Å². The molecule has 146 valence electrons. The molecule has 1 fully saturated rings. The molecule has 1 aliphatic rings. The van der Waals surface area contributed by atoms with Crippen molar-refractivity contribution < 1.29 is 14.7 Å². The zero-order chi connectivity index (χ0) is 19.0. The Morgan fingerprint density at radius 2 is 1.56 bits per heavy atom. The van der Waals surface area contributed by atoms with Gasteiger partial charge in [0.05, 0.1) is 6.04 Å². The van der Waals surface area contributed by atoms with Gasteiger partial charge in [-0.2, -0.15) is 0 Å². The lowest BCUT2D eigenvalue weighted by Gasteiger charge is -2.37. The molecule has 5 atom stereocenters. The van der Waals surface area contributed by atoms with E-state index in [1.165, 1.54) is 0 Å². The number of rotatable bonds is 4. The Morgan fingerprint density at radius 1 is 1.04 bits per heavy atom. The maximum atomic E-state index is 12.3. The van der Waals surface area contributed by atoms with Gasteiger partial charge in [0, 0.05) is 50.3 Å². The molecule has 8 nitrogen and oxygen atoms in total. The molecule has 1 amide bonds. The lowest BCUT2D eigenvalue weighted by atomic mass is 10.1. The number of carboxylic acids is 1. The van der Waals surface area contributed by atoms with Crippen LogP contribution in [0.1, 0.15) is 34.6 Å². The Morgan fingerprint density at radius 3 is 2.12 bits per heavy atom. The molecule has 1 saturated heterocycles. The molecular formula is C17H35N5O3. The van der Waals surface area contributed by atoms with E-state index < -0.39 is 12.0 Å². The molecule has 25 heavy (non-hydrogen) atoms. The number of nitrogens with zero attached hydrogens (tertiary/aromatic N) is 1. The quantitative estimate of drug-likeness (QED) is 0.449. The van der Waals surface area contributed by atoms with Crippen LogP contribution >= 0.6 is 0 Å². The van der Waals surface area contributed by atoms with Crippen LogP contribution < -0.4 is 21.3 Å². The van der Waals surface area contributed by atoms with E-state index in [0.717, 1.165) is 19.6 Å². The predicted molar refractivity (Wildman–Crippen MR) is 98.7 cm³/mol. The van der Waals surface area contributed by atoms with Crippen molar-refractivity contribution in [3.05, 3.63) is 0 Å². The predicted octanol–water partition coefficient (Wildman–Crippen LogP) is -0.786. The Kier molecular flexibility index (Phi) is 9.34. The number of amides is 1. The highest BCUT2D eigenvalue weighted by Gasteiger charge is 2.27. The highest BCUT2D eigenvalue weighted by molar-refractivity contribution is 5.84. The summed E-state index contributed by atoms with van der Waals surface area (Å²) < 4.78 is 0. The molecule has 0 bridgehead atoms. The first-order valence-electron chi connectivity index (χ1n) is 9.16. The van der Waals surface area contributed by atoms with E-state index in [-0.39, 0.29) is 24.5 Å². The third kappa shape index (κ3) is 8.13. The summed E-state index contributed by atoms with van der Waals surface area (Å²) in [6.07, 6.45) is 0. The average molecular weight is 357 g/mol. The van der Waals surface area contributed by atoms with E-state index in [1.807, 2.05) is 6.92 Å². The number of carbonyl (C=O) groups excluding carboxylic acids is 1. The minimum atomic E-state index is -1.03. The van der Waals surface area contributed by atoms with Gasteiger partial charge in [-0.3, -0.25) is 14.5 Å². The van der Waals surface area contributed by atoms with Crippen LogP contribution in [-0.2, 0) is 9.59 Å². The van der Waals surface area contributed by atoms with Crippen molar-refractivity contribution in [2.45, 2.75) is 64.8 Å². The van der Waals surface area contributed by atoms with E-state index >= 15 is 0 Å². The second-order valence-electron chi connectivity index (χ2n) is 7.26. The van der Waals surface area contributed by atoms with Crippen molar-refractivity contribution in [2.24, 2.45) is 0 Å². The molecule has 0 saturated carbocycles. The van der Waals surface area contributed by atoms with Crippen molar-refractivity contribution in [1.82, 2.24) is 26.2 Å². The molecule has 0 aromatic rings. The Hall–Kier alpha value is -1.22. The lowest BCUT2D eigenvalue weighted by Crippen LogP contribution is -2.57.